The lowest BCUT2D eigenvalue weighted by Crippen LogP contribution is -2.40. The number of phenolic OH excluding ortho intramolecular Hbond substituents is 2. The number of fused-ring (bicyclic) bond motifs is 2. The van der Waals surface area contributed by atoms with Gasteiger partial charge in [0, 0.05) is 11.4 Å². The van der Waals surface area contributed by atoms with Gasteiger partial charge in [0.1, 0.15) is 24.6 Å². The number of aromatic hydroxyl groups is 2. The van der Waals surface area contributed by atoms with Crippen molar-refractivity contribution in [1.82, 2.24) is 0 Å². The summed E-state index contributed by atoms with van der Waals surface area (Å²) >= 11 is 0. The lowest BCUT2D eigenvalue weighted by atomic mass is 9.81. The Morgan fingerprint density at radius 3 is 1.26 bits per heavy atom. The van der Waals surface area contributed by atoms with Gasteiger partial charge in [-0.05, 0) is 24.3 Å². The number of rotatable bonds is 8. The van der Waals surface area contributed by atoms with Gasteiger partial charge in [0.05, 0.1) is 63.5 Å². The van der Waals surface area contributed by atoms with E-state index in [4.69, 9.17) is 0 Å². The number of quaternary nitrogens is 2. The molecule has 3 rings (SSSR count). The van der Waals surface area contributed by atoms with Gasteiger partial charge >= 0.3 is 0 Å². The van der Waals surface area contributed by atoms with Crippen molar-refractivity contribution < 1.29 is 39.5 Å². The molecule has 0 saturated carbocycles. The minimum Gasteiger partial charge on any atom is -0.507 e. The molecule has 0 unspecified atom stereocenters. The van der Waals surface area contributed by atoms with E-state index < -0.39 is 23.1 Å². The molecule has 1 aliphatic carbocycles. The van der Waals surface area contributed by atoms with Crippen molar-refractivity contribution in [3.8, 4) is 11.5 Å². The molecule has 0 heterocycles. The highest BCUT2D eigenvalue weighted by molar-refractivity contribution is 6.33. The maximum atomic E-state index is 13.4. The van der Waals surface area contributed by atoms with Crippen molar-refractivity contribution in [2.24, 2.45) is 0 Å². The maximum Gasteiger partial charge on any atom is 0.200 e. The number of hydroxylamine groups is 6. The quantitative estimate of drug-likeness (QED) is 0.152. The van der Waals surface area contributed by atoms with Crippen molar-refractivity contribution in [2.75, 3.05) is 65.0 Å². The number of nitrogens with one attached hydrogen (secondary N) is 2. The average Bonchev–Trinajstić information content (AvgIpc) is 2.66. The number of benzene rings is 2. The van der Waals surface area contributed by atoms with Crippen LogP contribution in [0.15, 0.2) is 24.3 Å². The Morgan fingerprint density at radius 2 is 0.971 bits per heavy atom. The van der Waals surface area contributed by atoms with E-state index in [0.717, 1.165) is 0 Å². The molecule has 0 bridgehead atoms. The van der Waals surface area contributed by atoms with Gasteiger partial charge in [-0.25, -0.2) is 10.4 Å². The summed E-state index contributed by atoms with van der Waals surface area (Å²) in [6.45, 7) is 1.31. The van der Waals surface area contributed by atoms with Gasteiger partial charge in [0.2, 0.25) is 11.6 Å². The Kier molecular flexibility index (Phi) is 9.32. The van der Waals surface area contributed by atoms with Crippen molar-refractivity contribution in [2.45, 2.75) is 0 Å². The number of carbonyl (C=O) groups is 2. The molecule has 1 aliphatic rings. The van der Waals surface area contributed by atoms with Crippen LogP contribution in [0.3, 0.4) is 0 Å². The third-order valence-corrected chi connectivity index (χ3v) is 5.22. The molecule has 188 valence electrons. The first-order valence-corrected chi connectivity index (χ1v) is 10.2. The number of carbonyl (C=O) groups excluding carboxylic acids is 2. The summed E-state index contributed by atoms with van der Waals surface area (Å²) in [6, 6.07) is 5.64. The summed E-state index contributed by atoms with van der Waals surface area (Å²) in [5, 5.41) is 46.6. The van der Waals surface area contributed by atoms with Crippen LogP contribution >= 0.6 is 24.8 Å². The highest BCUT2D eigenvalue weighted by Crippen LogP contribution is 2.42. The first kappa shape index (κ1) is 29.4. The Balaban J connectivity index is 0.00000289. The Bertz CT molecular complexity index is 997. The summed E-state index contributed by atoms with van der Waals surface area (Å²) in [5.74, 6) is -1.97. The normalized spacial score (nSPS) is 12.8. The lowest BCUT2D eigenvalue weighted by Gasteiger charge is -2.26. The fraction of sp³-hybridized carbons (Fsp3) is 0.364. The molecule has 0 atom stereocenters. The molecule has 2 aromatic carbocycles. The minimum absolute atomic E-state index is 0. The molecule has 12 heteroatoms. The predicted octanol–water partition coefficient (Wildman–Crippen LogP) is 2.47. The maximum absolute atomic E-state index is 13.4. The zero-order valence-electron chi connectivity index (χ0n) is 19.5. The number of likely N-dealkylation sites (N-methyl/N-ethyl adjacent to an activating group) is 2. The van der Waals surface area contributed by atoms with Gasteiger partial charge in [0.25, 0.3) is 0 Å². The zero-order chi connectivity index (χ0) is 23.8. The van der Waals surface area contributed by atoms with E-state index in [-0.39, 0.29) is 56.4 Å². The number of hydrogen-bond acceptors (Lipinski definition) is 8. The van der Waals surface area contributed by atoms with Crippen LogP contribution < -0.4 is 10.6 Å². The third kappa shape index (κ3) is 6.29. The van der Waals surface area contributed by atoms with E-state index in [9.17, 15) is 30.2 Å². The van der Waals surface area contributed by atoms with Crippen LogP contribution in [0.2, 0.25) is 0 Å². The van der Waals surface area contributed by atoms with E-state index in [1.807, 2.05) is 0 Å². The van der Waals surface area contributed by atoms with Crippen LogP contribution in [0.4, 0.5) is 11.4 Å². The van der Waals surface area contributed by atoms with Crippen LogP contribution in [-0.4, -0.2) is 95.9 Å². The fourth-order valence-corrected chi connectivity index (χ4v) is 3.59. The molecule has 0 amide bonds. The molecular weight excluding hydrogens is 487 g/mol. The number of ketones is 2. The molecular formula is C22H32Cl2N4O6+2. The molecule has 0 spiro atoms. The summed E-state index contributed by atoms with van der Waals surface area (Å²) in [4.78, 5) is 26.8. The van der Waals surface area contributed by atoms with Gasteiger partial charge in [0.15, 0.2) is 0 Å². The van der Waals surface area contributed by atoms with Gasteiger partial charge in [-0.15, -0.1) is 24.8 Å². The second-order valence-electron chi connectivity index (χ2n) is 8.97. The second-order valence-corrected chi connectivity index (χ2v) is 8.97. The van der Waals surface area contributed by atoms with E-state index in [0.29, 0.717) is 37.6 Å². The molecule has 0 aromatic heterocycles. The summed E-state index contributed by atoms with van der Waals surface area (Å²) < 4.78 is -0.567. The molecule has 0 radical (unpaired) electrons. The van der Waals surface area contributed by atoms with Gasteiger partial charge in [-0.2, -0.15) is 9.29 Å². The summed E-state index contributed by atoms with van der Waals surface area (Å²) in [6.07, 6.45) is 0. The molecule has 0 fully saturated rings. The highest BCUT2D eigenvalue weighted by atomic mass is 35.5. The number of nitrogens with zero attached hydrogens (tertiary/aromatic N) is 2. The largest absolute Gasteiger partial charge is 0.507 e. The lowest BCUT2D eigenvalue weighted by molar-refractivity contribution is -1.07. The number of hydrogen-bond donors (Lipinski definition) is 6. The first-order valence-electron chi connectivity index (χ1n) is 10.2. The van der Waals surface area contributed by atoms with Crippen molar-refractivity contribution in [1.29, 1.82) is 0 Å². The number of anilines is 2. The van der Waals surface area contributed by atoms with Crippen LogP contribution in [0.25, 0.3) is 0 Å². The van der Waals surface area contributed by atoms with Crippen molar-refractivity contribution in [3.05, 3.63) is 46.5 Å². The van der Waals surface area contributed by atoms with Crippen LogP contribution in [0.5, 0.6) is 11.5 Å². The van der Waals surface area contributed by atoms with Gasteiger partial charge in [-0.3, -0.25) is 9.59 Å². The molecule has 10 nitrogen and oxygen atoms in total. The average molecular weight is 519 g/mol. The van der Waals surface area contributed by atoms with E-state index >= 15 is 0 Å². The fourth-order valence-electron chi connectivity index (χ4n) is 3.59. The first-order chi connectivity index (χ1) is 14.8. The number of phenols is 2. The van der Waals surface area contributed by atoms with Crippen LogP contribution in [0.1, 0.15) is 31.8 Å². The second kappa shape index (κ2) is 10.8. The molecule has 2 aromatic rings. The SMILES string of the molecule is C[N+](C)(O)CCNc1ccc(NCC[N+](C)(C)O)c2c1C(=O)c1c(O)ccc(O)c1C2=O.Cl.Cl. The smallest absolute Gasteiger partial charge is 0.200 e. The molecule has 0 saturated heterocycles. The molecule has 34 heavy (non-hydrogen) atoms. The Morgan fingerprint density at radius 1 is 0.647 bits per heavy atom. The Hall–Kier alpha value is -2.60. The third-order valence-electron chi connectivity index (χ3n) is 5.22. The predicted molar refractivity (Wildman–Crippen MR) is 132 cm³/mol. The van der Waals surface area contributed by atoms with E-state index in [1.165, 1.54) is 12.1 Å². The van der Waals surface area contributed by atoms with E-state index in [2.05, 4.69) is 10.6 Å². The Labute approximate surface area is 210 Å². The van der Waals surface area contributed by atoms with Crippen molar-refractivity contribution >= 4 is 47.8 Å². The van der Waals surface area contributed by atoms with Gasteiger partial charge in [-0.1, -0.05) is 0 Å². The summed E-state index contributed by atoms with van der Waals surface area (Å²) in [7, 11) is 6.43. The van der Waals surface area contributed by atoms with E-state index in [1.54, 1.807) is 40.3 Å². The topological polar surface area (TPSA) is 139 Å². The monoisotopic (exact) mass is 518 g/mol. The number of halogens is 2. The molecule has 6 N–H and O–H groups in total. The summed E-state index contributed by atoms with van der Waals surface area (Å²) in [5.41, 5.74) is 0.431. The van der Waals surface area contributed by atoms with Gasteiger partial charge < -0.3 is 20.8 Å². The van der Waals surface area contributed by atoms with Crippen LogP contribution in [0, 0.1) is 0 Å². The minimum atomic E-state index is -0.592. The van der Waals surface area contributed by atoms with Crippen molar-refractivity contribution in [3.63, 3.8) is 0 Å². The molecule has 0 aliphatic heterocycles. The highest BCUT2D eigenvalue weighted by Gasteiger charge is 2.38. The standard InChI is InChI=1S/C22H28N4O6.2ClH/c1-25(2,31)11-9-23-13-5-6-14(24-10-12-26(3,4)32)18-17(13)21(29)19-15(27)7-8-16(28)20(19)22(18)30;;/h5-8,31-32H,9-12H2,1-4H3,(H2-2,23,24,27,28,29,30);2*1H/p+2. The van der Waals surface area contributed by atoms with Crippen LogP contribution in [-0.2, 0) is 0 Å². The zero-order valence-corrected chi connectivity index (χ0v) is 21.1.